The van der Waals surface area contributed by atoms with Crippen LogP contribution in [0.2, 0.25) is 10.0 Å². The third-order valence-electron chi connectivity index (χ3n) is 4.42. The molecule has 0 bridgehead atoms. The predicted molar refractivity (Wildman–Crippen MR) is 104 cm³/mol. The van der Waals surface area contributed by atoms with Crippen molar-refractivity contribution >= 4 is 40.7 Å². The lowest BCUT2D eigenvalue weighted by Crippen LogP contribution is -2.39. The number of amides is 2. The molecule has 0 spiro atoms. The van der Waals surface area contributed by atoms with Crippen molar-refractivity contribution in [2.45, 2.75) is 18.9 Å². The summed E-state index contributed by atoms with van der Waals surface area (Å²) in [6.07, 6.45) is 1.92. The van der Waals surface area contributed by atoms with Crippen LogP contribution in [0.3, 0.4) is 0 Å². The van der Waals surface area contributed by atoms with Gasteiger partial charge in [-0.05, 0) is 55.3 Å². The second kappa shape index (κ2) is 8.08. The van der Waals surface area contributed by atoms with E-state index in [1.54, 1.807) is 42.5 Å². The fraction of sp³-hybridized carbons (Fsp3) is 0.263. The van der Waals surface area contributed by atoms with Crippen molar-refractivity contribution in [1.29, 1.82) is 0 Å². The highest BCUT2D eigenvalue weighted by molar-refractivity contribution is 6.35. The Bertz CT molecular complexity index is 804. The highest BCUT2D eigenvalue weighted by Crippen LogP contribution is 2.22. The summed E-state index contributed by atoms with van der Waals surface area (Å²) in [6.45, 7) is 1.21. The van der Waals surface area contributed by atoms with Gasteiger partial charge >= 0.3 is 0 Å². The van der Waals surface area contributed by atoms with Crippen molar-refractivity contribution in [3.63, 3.8) is 0 Å². The van der Waals surface area contributed by atoms with Crippen LogP contribution in [-0.4, -0.2) is 35.8 Å². The van der Waals surface area contributed by atoms with Crippen LogP contribution < -0.4 is 11.1 Å². The molecule has 0 radical (unpaired) electrons. The Morgan fingerprint density at radius 1 is 1.08 bits per heavy atom. The Morgan fingerprint density at radius 2 is 1.73 bits per heavy atom. The number of carbonyl (C=O) groups excluding carboxylic acids is 2. The second-order valence-electron chi connectivity index (χ2n) is 6.22. The van der Waals surface area contributed by atoms with Crippen LogP contribution in [0.4, 0.5) is 5.69 Å². The fourth-order valence-corrected chi connectivity index (χ4v) is 3.62. The van der Waals surface area contributed by atoms with E-state index in [2.05, 4.69) is 5.32 Å². The van der Waals surface area contributed by atoms with Gasteiger partial charge in [-0.3, -0.25) is 9.59 Å². The Balaban J connectivity index is 1.69. The molecule has 1 aliphatic rings. The van der Waals surface area contributed by atoms with Crippen LogP contribution in [-0.2, 0) is 0 Å². The second-order valence-corrected chi connectivity index (χ2v) is 7.09. The van der Waals surface area contributed by atoms with E-state index in [0.717, 1.165) is 19.4 Å². The molecular formula is C19H19Cl2N3O2. The van der Waals surface area contributed by atoms with Gasteiger partial charge in [-0.15, -0.1) is 0 Å². The minimum absolute atomic E-state index is 0.0301. The van der Waals surface area contributed by atoms with Gasteiger partial charge in [-0.1, -0.05) is 23.2 Å². The SMILES string of the molecule is NCC1CCCN1C(=O)c1ccc(NC(=O)c2cc(Cl)cc(Cl)c2)cc1. The summed E-state index contributed by atoms with van der Waals surface area (Å²) < 4.78 is 0. The number of hydrogen-bond acceptors (Lipinski definition) is 3. The van der Waals surface area contributed by atoms with Gasteiger partial charge in [0.2, 0.25) is 0 Å². The first-order valence-corrected chi connectivity index (χ1v) is 9.12. The van der Waals surface area contributed by atoms with Gasteiger partial charge in [0.1, 0.15) is 0 Å². The molecular weight excluding hydrogens is 373 g/mol. The summed E-state index contributed by atoms with van der Waals surface area (Å²) in [6, 6.07) is 11.6. The highest BCUT2D eigenvalue weighted by atomic mass is 35.5. The number of halogens is 2. The lowest BCUT2D eigenvalue weighted by molar-refractivity contribution is 0.0741. The molecule has 2 aromatic rings. The van der Waals surface area contributed by atoms with Gasteiger partial charge in [-0.2, -0.15) is 0 Å². The molecule has 0 saturated carbocycles. The van der Waals surface area contributed by atoms with Crippen molar-refractivity contribution in [3.05, 3.63) is 63.6 Å². The molecule has 1 aliphatic heterocycles. The molecule has 7 heteroatoms. The summed E-state index contributed by atoms with van der Waals surface area (Å²) >= 11 is 11.8. The smallest absolute Gasteiger partial charge is 0.255 e. The molecule has 1 unspecified atom stereocenters. The summed E-state index contributed by atoms with van der Waals surface area (Å²) in [5, 5.41) is 3.55. The molecule has 2 aromatic carbocycles. The standard InChI is InChI=1S/C19H19Cl2N3O2/c20-14-8-13(9-15(21)10-14)18(25)23-16-5-3-12(4-6-16)19(26)24-7-1-2-17(24)11-22/h3-6,8-10,17H,1-2,7,11,22H2,(H,23,25). The fourth-order valence-electron chi connectivity index (χ4n) is 3.10. The van der Waals surface area contributed by atoms with Crippen LogP contribution in [0, 0.1) is 0 Å². The zero-order valence-corrected chi connectivity index (χ0v) is 15.6. The molecule has 136 valence electrons. The van der Waals surface area contributed by atoms with E-state index in [1.807, 2.05) is 4.90 Å². The lowest BCUT2D eigenvalue weighted by atomic mass is 10.1. The van der Waals surface area contributed by atoms with Gasteiger partial charge in [0.25, 0.3) is 11.8 Å². The molecule has 3 N–H and O–H groups in total. The number of rotatable bonds is 4. The minimum atomic E-state index is -0.323. The number of hydrogen-bond donors (Lipinski definition) is 2. The summed E-state index contributed by atoms with van der Waals surface area (Å²) in [5.74, 6) is -0.353. The largest absolute Gasteiger partial charge is 0.334 e. The highest BCUT2D eigenvalue weighted by Gasteiger charge is 2.28. The van der Waals surface area contributed by atoms with E-state index in [0.29, 0.717) is 33.4 Å². The molecule has 1 atom stereocenters. The number of nitrogens with one attached hydrogen (secondary N) is 1. The summed E-state index contributed by atoms with van der Waals surface area (Å²) in [7, 11) is 0. The van der Waals surface area contributed by atoms with E-state index in [1.165, 1.54) is 0 Å². The van der Waals surface area contributed by atoms with Crippen LogP contribution in [0.15, 0.2) is 42.5 Å². The molecule has 1 fully saturated rings. The van der Waals surface area contributed by atoms with Gasteiger partial charge in [0.05, 0.1) is 0 Å². The number of nitrogens with zero attached hydrogens (tertiary/aromatic N) is 1. The zero-order chi connectivity index (χ0) is 18.7. The van der Waals surface area contributed by atoms with E-state index < -0.39 is 0 Å². The van der Waals surface area contributed by atoms with Crippen LogP contribution in [0.5, 0.6) is 0 Å². The monoisotopic (exact) mass is 391 g/mol. The molecule has 3 rings (SSSR count). The third kappa shape index (κ3) is 4.18. The zero-order valence-electron chi connectivity index (χ0n) is 14.0. The average Bonchev–Trinajstić information content (AvgIpc) is 3.09. The lowest BCUT2D eigenvalue weighted by Gasteiger charge is -2.23. The quantitative estimate of drug-likeness (QED) is 0.831. The van der Waals surface area contributed by atoms with Crippen molar-refractivity contribution in [2.75, 3.05) is 18.4 Å². The van der Waals surface area contributed by atoms with Gasteiger partial charge in [-0.25, -0.2) is 0 Å². The normalized spacial score (nSPS) is 16.6. The summed E-state index contributed by atoms with van der Waals surface area (Å²) in [4.78, 5) is 26.7. The van der Waals surface area contributed by atoms with Gasteiger partial charge in [0.15, 0.2) is 0 Å². The number of carbonyl (C=O) groups is 2. The number of nitrogens with two attached hydrogens (primary N) is 1. The van der Waals surface area contributed by atoms with E-state index in [9.17, 15) is 9.59 Å². The van der Waals surface area contributed by atoms with Gasteiger partial charge in [0, 0.05) is 46.0 Å². The van der Waals surface area contributed by atoms with Crippen LogP contribution in [0.1, 0.15) is 33.6 Å². The number of likely N-dealkylation sites (tertiary alicyclic amines) is 1. The van der Waals surface area contributed by atoms with Gasteiger partial charge < -0.3 is 16.0 Å². The predicted octanol–water partition coefficient (Wildman–Crippen LogP) is 3.81. The molecule has 2 amide bonds. The first kappa shape index (κ1) is 18.7. The van der Waals surface area contributed by atoms with Crippen molar-refractivity contribution in [3.8, 4) is 0 Å². The van der Waals surface area contributed by atoms with E-state index in [-0.39, 0.29) is 17.9 Å². The average molecular weight is 392 g/mol. The maximum Gasteiger partial charge on any atom is 0.255 e. The minimum Gasteiger partial charge on any atom is -0.334 e. The van der Waals surface area contributed by atoms with Crippen LogP contribution >= 0.6 is 23.2 Å². The molecule has 26 heavy (non-hydrogen) atoms. The first-order chi connectivity index (χ1) is 12.5. The topological polar surface area (TPSA) is 75.4 Å². The van der Waals surface area contributed by atoms with Crippen LogP contribution in [0.25, 0.3) is 0 Å². The third-order valence-corrected chi connectivity index (χ3v) is 4.86. The van der Waals surface area contributed by atoms with E-state index >= 15 is 0 Å². The molecule has 5 nitrogen and oxygen atoms in total. The Kier molecular flexibility index (Phi) is 5.81. The summed E-state index contributed by atoms with van der Waals surface area (Å²) in [5.41, 5.74) is 7.26. The molecule has 1 heterocycles. The van der Waals surface area contributed by atoms with Crippen molar-refractivity contribution in [1.82, 2.24) is 4.90 Å². The van der Waals surface area contributed by atoms with Crippen molar-refractivity contribution < 1.29 is 9.59 Å². The maximum atomic E-state index is 12.6. The Morgan fingerprint density at radius 3 is 2.35 bits per heavy atom. The Hall–Kier alpha value is -2.08. The number of benzene rings is 2. The molecule has 0 aromatic heterocycles. The first-order valence-electron chi connectivity index (χ1n) is 8.36. The van der Waals surface area contributed by atoms with Crippen molar-refractivity contribution in [2.24, 2.45) is 5.73 Å². The molecule has 1 saturated heterocycles. The maximum absolute atomic E-state index is 12.6. The molecule has 0 aliphatic carbocycles. The Labute approximate surface area is 162 Å². The number of anilines is 1. The van der Waals surface area contributed by atoms with E-state index in [4.69, 9.17) is 28.9 Å².